The number of hydrogen-bond donors (Lipinski definition) is 2. The van der Waals surface area contributed by atoms with Gasteiger partial charge in [-0.3, -0.25) is 4.79 Å². The summed E-state index contributed by atoms with van der Waals surface area (Å²) < 4.78 is 1.09. The Kier molecular flexibility index (Phi) is 3.52. The van der Waals surface area contributed by atoms with Crippen LogP contribution in [0.3, 0.4) is 0 Å². The zero-order valence-electron chi connectivity index (χ0n) is 9.80. The smallest absolute Gasteiger partial charge is 0.228 e. The van der Waals surface area contributed by atoms with Crippen molar-refractivity contribution in [1.29, 1.82) is 0 Å². The predicted molar refractivity (Wildman–Crippen MR) is 83.1 cm³/mol. The maximum atomic E-state index is 11.3. The minimum Gasteiger partial charge on any atom is -0.379 e. The second-order valence-corrected chi connectivity index (χ2v) is 6.62. The molecule has 1 aliphatic heterocycles. The molecule has 19 heavy (non-hydrogen) atoms. The first-order valence-electron chi connectivity index (χ1n) is 5.71. The van der Waals surface area contributed by atoms with Crippen molar-refractivity contribution in [3.05, 3.63) is 43.5 Å². The fourth-order valence-corrected chi connectivity index (χ4v) is 3.63. The Balaban J connectivity index is 1.78. The van der Waals surface area contributed by atoms with Gasteiger partial charge in [0, 0.05) is 27.0 Å². The molecule has 1 aliphatic rings. The van der Waals surface area contributed by atoms with E-state index in [2.05, 4.69) is 32.6 Å². The molecule has 3 rings (SSSR count). The van der Waals surface area contributed by atoms with Crippen LogP contribution in [0.1, 0.15) is 10.4 Å². The maximum absolute atomic E-state index is 11.3. The van der Waals surface area contributed by atoms with Crippen LogP contribution in [-0.4, -0.2) is 5.91 Å². The average Bonchev–Trinajstić information content (AvgIpc) is 2.91. The van der Waals surface area contributed by atoms with E-state index in [1.54, 1.807) is 17.4 Å². The van der Waals surface area contributed by atoms with Gasteiger partial charge in [-0.05, 0) is 39.7 Å². The summed E-state index contributed by atoms with van der Waals surface area (Å²) in [5, 5.41) is 8.76. The summed E-state index contributed by atoms with van der Waals surface area (Å²) in [5.41, 5.74) is 2.67. The molecule has 0 radical (unpaired) electrons. The van der Waals surface area contributed by atoms with E-state index in [1.165, 1.54) is 4.88 Å². The second kappa shape index (κ2) is 5.15. The zero-order chi connectivity index (χ0) is 13.4. The summed E-state index contributed by atoms with van der Waals surface area (Å²) in [7, 11) is 0. The largest absolute Gasteiger partial charge is 0.379 e. The third-order valence-electron chi connectivity index (χ3n) is 2.89. The zero-order valence-corrected chi connectivity index (χ0v) is 13.0. The number of amides is 1. The van der Waals surface area contributed by atoms with E-state index < -0.39 is 0 Å². The Morgan fingerprint density at radius 3 is 3.00 bits per heavy atom. The lowest BCUT2D eigenvalue weighted by molar-refractivity contribution is -0.115. The Morgan fingerprint density at radius 1 is 1.42 bits per heavy atom. The molecule has 0 aliphatic carbocycles. The molecule has 1 aromatic carbocycles. The van der Waals surface area contributed by atoms with Crippen LogP contribution >= 0.6 is 38.9 Å². The van der Waals surface area contributed by atoms with Crippen molar-refractivity contribution in [3.63, 3.8) is 0 Å². The van der Waals surface area contributed by atoms with Crippen molar-refractivity contribution >= 4 is 56.1 Å². The van der Waals surface area contributed by atoms with Gasteiger partial charge in [-0.25, -0.2) is 0 Å². The van der Waals surface area contributed by atoms with Crippen molar-refractivity contribution in [2.75, 3.05) is 10.6 Å². The molecule has 2 N–H and O–H groups in total. The first-order valence-corrected chi connectivity index (χ1v) is 7.76. The van der Waals surface area contributed by atoms with Gasteiger partial charge in [-0.15, -0.1) is 11.3 Å². The van der Waals surface area contributed by atoms with Gasteiger partial charge in [0.25, 0.3) is 0 Å². The highest BCUT2D eigenvalue weighted by Crippen LogP contribution is 2.33. The molecule has 0 bridgehead atoms. The van der Waals surface area contributed by atoms with Crippen LogP contribution in [0.15, 0.2) is 28.1 Å². The van der Waals surface area contributed by atoms with E-state index >= 15 is 0 Å². The first-order chi connectivity index (χ1) is 9.11. The number of halogens is 2. The Labute approximate surface area is 128 Å². The van der Waals surface area contributed by atoms with E-state index in [0.29, 0.717) is 11.4 Å². The number of benzene rings is 1. The summed E-state index contributed by atoms with van der Waals surface area (Å²) in [6, 6.07) is 5.82. The molecule has 0 unspecified atom stereocenters. The van der Waals surface area contributed by atoms with E-state index in [1.807, 2.05) is 11.4 Å². The van der Waals surface area contributed by atoms with Gasteiger partial charge in [-0.1, -0.05) is 11.6 Å². The Morgan fingerprint density at radius 2 is 2.26 bits per heavy atom. The predicted octanol–water partition coefficient (Wildman–Crippen LogP) is 4.27. The Bertz CT molecular complexity index is 656. The van der Waals surface area contributed by atoms with Crippen LogP contribution in [0.25, 0.3) is 0 Å². The fraction of sp³-hybridized carbons (Fsp3) is 0.154. The highest BCUT2D eigenvalue weighted by molar-refractivity contribution is 9.10. The molecule has 6 heteroatoms. The summed E-state index contributed by atoms with van der Waals surface area (Å²) in [6.07, 6.45) is 0.422. The molecular formula is C13H10BrClN2OS. The number of carbonyl (C=O) groups excluding carboxylic acids is 1. The number of anilines is 2. The molecule has 0 saturated carbocycles. The lowest BCUT2D eigenvalue weighted by Gasteiger charge is -2.09. The summed E-state index contributed by atoms with van der Waals surface area (Å²) >= 11 is 11.3. The molecule has 0 atom stereocenters. The minimum atomic E-state index is 0.0189. The summed E-state index contributed by atoms with van der Waals surface area (Å²) in [5.74, 6) is 0.0189. The molecule has 1 aromatic heterocycles. The highest BCUT2D eigenvalue weighted by Gasteiger charge is 2.19. The lowest BCUT2D eigenvalue weighted by Crippen LogP contribution is -2.03. The molecule has 2 heterocycles. The third kappa shape index (κ3) is 2.78. The highest BCUT2D eigenvalue weighted by atomic mass is 79.9. The van der Waals surface area contributed by atoms with Crippen molar-refractivity contribution < 1.29 is 4.79 Å². The van der Waals surface area contributed by atoms with Gasteiger partial charge in [0.15, 0.2) is 0 Å². The molecule has 98 valence electrons. The SMILES string of the molecule is O=C1Cc2cc(NCc3cc(Br)cs3)c(Cl)cc2N1. The van der Waals surface area contributed by atoms with Crippen LogP contribution in [0, 0.1) is 0 Å². The number of nitrogens with one attached hydrogen (secondary N) is 2. The van der Waals surface area contributed by atoms with Crippen molar-refractivity contribution in [2.45, 2.75) is 13.0 Å². The van der Waals surface area contributed by atoms with Crippen molar-refractivity contribution in [3.8, 4) is 0 Å². The molecule has 1 amide bonds. The van der Waals surface area contributed by atoms with Gasteiger partial charge in [0.2, 0.25) is 5.91 Å². The molecule has 2 aromatic rings. The normalized spacial score (nSPS) is 13.3. The van der Waals surface area contributed by atoms with Crippen LogP contribution in [0.4, 0.5) is 11.4 Å². The maximum Gasteiger partial charge on any atom is 0.228 e. The van der Waals surface area contributed by atoms with E-state index in [4.69, 9.17) is 11.6 Å². The fourth-order valence-electron chi connectivity index (χ4n) is 2.01. The lowest BCUT2D eigenvalue weighted by atomic mass is 10.1. The quantitative estimate of drug-likeness (QED) is 0.861. The van der Waals surface area contributed by atoms with E-state index in [0.717, 1.165) is 28.0 Å². The van der Waals surface area contributed by atoms with Crippen molar-refractivity contribution in [2.24, 2.45) is 0 Å². The minimum absolute atomic E-state index is 0.0189. The number of thiophene rings is 1. The van der Waals surface area contributed by atoms with Gasteiger partial charge in [0.1, 0.15) is 0 Å². The van der Waals surface area contributed by atoms with E-state index in [9.17, 15) is 4.79 Å². The van der Waals surface area contributed by atoms with Gasteiger partial charge >= 0.3 is 0 Å². The monoisotopic (exact) mass is 356 g/mol. The molecule has 3 nitrogen and oxygen atoms in total. The van der Waals surface area contributed by atoms with Gasteiger partial charge < -0.3 is 10.6 Å². The van der Waals surface area contributed by atoms with Crippen LogP contribution < -0.4 is 10.6 Å². The summed E-state index contributed by atoms with van der Waals surface area (Å²) in [6.45, 7) is 0.718. The Hall–Kier alpha value is -1.04. The van der Waals surface area contributed by atoms with Crippen LogP contribution in [0.5, 0.6) is 0 Å². The summed E-state index contributed by atoms with van der Waals surface area (Å²) in [4.78, 5) is 12.5. The van der Waals surface area contributed by atoms with Gasteiger partial charge in [-0.2, -0.15) is 0 Å². The third-order valence-corrected chi connectivity index (χ3v) is 4.90. The molecule has 0 fully saturated rings. The number of carbonyl (C=O) groups is 1. The number of fused-ring (bicyclic) bond motifs is 1. The second-order valence-electron chi connectivity index (χ2n) is 4.30. The molecule has 0 saturated heterocycles. The van der Waals surface area contributed by atoms with E-state index in [-0.39, 0.29) is 5.91 Å². The topological polar surface area (TPSA) is 41.1 Å². The van der Waals surface area contributed by atoms with Crippen LogP contribution in [0.2, 0.25) is 5.02 Å². The molecular weight excluding hydrogens is 348 g/mol. The number of hydrogen-bond acceptors (Lipinski definition) is 3. The number of rotatable bonds is 3. The first kappa shape index (κ1) is 13.0. The van der Waals surface area contributed by atoms with Crippen molar-refractivity contribution in [1.82, 2.24) is 0 Å². The van der Waals surface area contributed by atoms with Crippen LogP contribution in [-0.2, 0) is 17.8 Å². The standard InChI is InChI=1S/C13H10BrClN2OS/c14-8-3-9(19-6-8)5-16-12-1-7-2-13(18)17-11(7)4-10(12)15/h1,3-4,6,16H,2,5H2,(H,17,18). The van der Waals surface area contributed by atoms with Gasteiger partial charge in [0.05, 0.1) is 17.1 Å². The molecule has 0 spiro atoms. The average molecular weight is 358 g/mol.